The van der Waals surface area contributed by atoms with Gasteiger partial charge < -0.3 is 9.47 Å². The Kier molecular flexibility index (Phi) is 1.79. The Morgan fingerprint density at radius 1 is 0.500 bits per heavy atom. The minimum atomic E-state index is -1.30. The lowest BCUT2D eigenvalue weighted by atomic mass is 9.95. The minimum Gasteiger partial charge on any atom is -0.386 e. The maximum Gasteiger partial charge on any atom is 0.346 e. The molecule has 0 saturated heterocycles. The molecule has 3 aromatic rings. The molecule has 2 aliphatic heterocycles. The molecule has 0 aliphatic carbocycles. The number of hydrogen-bond acceptors (Lipinski definition) is 6. The van der Waals surface area contributed by atoms with Crippen molar-refractivity contribution in [2.75, 3.05) is 0 Å². The molecule has 0 aromatic heterocycles. The van der Waals surface area contributed by atoms with E-state index in [1.165, 1.54) is 0 Å². The van der Waals surface area contributed by atoms with E-state index in [9.17, 15) is 19.2 Å². The summed E-state index contributed by atoms with van der Waals surface area (Å²) in [5, 5.41) is 0. The van der Waals surface area contributed by atoms with Crippen LogP contribution < -0.4 is 0 Å². The second kappa shape index (κ2) is 5.72. The van der Waals surface area contributed by atoms with Crippen molar-refractivity contribution in [3.63, 3.8) is 0 Å². The average Bonchev–Trinajstić information content (AvgIpc) is 3.32. The van der Waals surface area contributed by atoms with Crippen LogP contribution in [0.3, 0.4) is 0 Å². The van der Waals surface area contributed by atoms with Crippen LogP contribution in [0.5, 0.6) is 0 Å². The highest BCUT2D eigenvalue weighted by Crippen LogP contribution is 2.32. The number of cyclic esters (lactones) is 4. The Hall–Kier alpha value is -4.06. The van der Waals surface area contributed by atoms with Crippen molar-refractivity contribution in [2.24, 2.45) is 0 Å². The van der Waals surface area contributed by atoms with E-state index in [1.807, 2.05) is 0 Å². The van der Waals surface area contributed by atoms with Crippen molar-refractivity contribution in [1.29, 1.82) is 0 Å². The van der Waals surface area contributed by atoms with Crippen LogP contribution in [0.1, 0.15) is 55.1 Å². The van der Waals surface area contributed by atoms with Crippen LogP contribution in [0.15, 0.2) is 60.4 Å². The first-order valence-electron chi connectivity index (χ1n) is 12.6. The normalized spacial score (nSPS) is 19.6. The van der Waals surface area contributed by atoms with Gasteiger partial charge in [0, 0.05) is 0 Å². The Balaban J connectivity index is 1.94. The summed E-state index contributed by atoms with van der Waals surface area (Å²) in [5.41, 5.74) is -5.48. The average molecular weight is 380 g/mol. The minimum absolute atomic E-state index is 0.655. The molecule has 6 heteroatoms. The lowest BCUT2D eigenvalue weighted by Crippen LogP contribution is -1.96. The summed E-state index contributed by atoms with van der Waals surface area (Å²) >= 11 is 0. The van der Waals surface area contributed by atoms with Gasteiger partial charge in [0.1, 0.15) is 0 Å². The molecule has 0 unspecified atom stereocenters. The Morgan fingerprint density at radius 2 is 0.893 bits per heavy atom. The fourth-order valence-electron chi connectivity index (χ4n) is 2.64. The number of carbonyl (C=O) groups is 4. The van der Waals surface area contributed by atoms with Gasteiger partial charge in [-0.25, -0.2) is 19.2 Å². The van der Waals surface area contributed by atoms with Gasteiger partial charge in [-0.1, -0.05) is 30.2 Å². The highest BCUT2D eigenvalue weighted by molar-refractivity contribution is 6.16. The molecule has 6 nitrogen and oxygen atoms in total. The van der Waals surface area contributed by atoms with Crippen LogP contribution in [0.4, 0.5) is 0 Å². The summed E-state index contributed by atoms with van der Waals surface area (Å²) in [4.78, 5) is 48.4. The van der Waals surface area contributed by atoms with Crippen LogP contribution in [-0.2, 0) is 9.47 Å². The third-order valence-corrected chi connectivity index (χ3v) is 3.94. The molecule has 0 bridgehead atoms. The van der Waals surface area contributed by atoms with Crippen molar-refractivity contribution in [3.05, 3.63) is 82.7 Å². The molecule has 0 fully saturated rings. The summed E-state index contributed by atoms with van der Waals surface area (Å²) in [6.07, 6.45) is 0. The molecule has 0 atom stereocenters. The van der Waals surface area contributed by atoms with Gasteiger partial charge in [0.2, 0.25) is 0 Å². The molecule has 28 heavy (non-hydrogen) atoms. The van der Waals surface area contributed by atoms with Crippen LogP contribution in [0.25, 0.3) is 22.3 Å². The zero-order valence-corrected chi connectivity index (χ0v) is 13.4. The van der Waals surface area contributed by atoms with Crippen molar-refractivity contribution >= 4 is 23.9 Å². The number of hydrogen-bond donors (Lipinski definition) is 0. The Labute approximate surface area is 172 Å². The monoisotopic (exact) mass is 380 g/mol. The predicted octanol–water partition coefficient (Wildman–Crippen LogP) is 3.64. The molecule has 2 aliphatic rings. The van der Waals surface area contributed by atoms with Crippen LogP contribution >= 0.6 is 0 Å². The number of esters is 4. The van der Waals surface area contributed by atoms with E-state index < -0.39 is 129 Å². The molecule has 134 valence electrons. The number of rotatable bonds is 2. The fourth-order valence-corrected chi connectivity index (χ4v) is 2.64. The first-order valence-corrected chi connectivity index (χ1v) is 7.63. The molecule has 2 heterocycles. The molecular formula is C22H10O6. The highest BCUT2D eigenvalue weighted by Gasteiger charge is 2.30. The zero-order chi connectivity index (χ0) is 28.1. The van der Waals surface area contributed by atoms with Crippen molar-refractivity contribution < 1.29 is 42.4 Å². The van der Waals surface area contributed by atoms with Gasteiger partial charge in [0.15, 0.2) is 0 Å². The summed E-state index contributed by atoms with van der Waals surface area (Å²) in [6, 6.07) is -8.69. The lowest BCUT2D eigenvalue weighted by Gasteiger charge is -2.07. The number of ether oxygens (including phenoxy) is 2. The molecule has 5 rings (SSSR count). The van der Waals surface area contributed by atoms with Gasteiger partial charge in [0.05, 0.1) is 36.0 Å². The predicted molar refractivity (Wildman–Crippen MR) is 96.8 cm³/mol. The largest absolute Gasteiger partial charge is 0.386 e. The standard InChI is InChI=1S/C22H10O6/c23-19-15-6-4-13(9-17(15)21(25)27-19)11-2-1-3-12(8-11)14-5-7-16-18(10-14)22(26)28-20(16)24/h1-10H/i1D,2D,3D,4D,5D,6D,7D,8D,9D,10D. The van der Waals surface area contributed by atoms with Crippen molar-refractivity contribution in [2.45, 2.75) is 0 Å². The maximum absolute atomic E-state index is 12.2. The SMILES string of the molecule is [2H]c1c([2H])c(-c2c([2H])c([2H])c3c(c2[2H])C(=O)OC3=O)c([2H])c(-c2c([2H])c([2H])c3c(c2[2H])C(=O)OC3=O)c1[2H]. The topological polar surface area (TPSA) is 86.7 Å². The Bertz CT molecular complexity index is 1620. The molecule has 0 saturated carbocycles. The number of carbonyl (C=O) groups excluding carboxylic acids is 4. The van der Waals surface area contributed by atoms with E-state index >= 15 is 0 Å². The van der Waals surface area contributed by atoms with E-state index in [0.717, 1.165) is 0 Å². The summed E-state index contributed by atoms with van der Waals surface area (Å²) in [6.45, 7) is 0. The van der Waals surface area contributed by atoms with Crippen LogP contribution in [-0.4, -0.2) is 23.9 Å². The lowest BCUT2D eigenvalue weighted by molar-refractivity contribution is 0.0425. The molecule has 0 amide bonds. The fraction of sp³-hybridized carbons (Fsp3) is 0. The quantitative estimate of drug-likeness (QED) is 0.498. The zero-order valence-electron chi connectivity index (χ0n) is 23.4. The number of benzene rings is 3. The van der Waals surface area contributed by atoms with Gasteiger partial charge >= 0.3 is 23.9 Å². The molecule has 0 spiro atoms. The van der Waals surface area contributed by atoms with Crippen molar-refractivity contribution in [1.82, 2.24) is 0 Å². The molecule has 3 aromatic carbocycles. The first kappa shape index (κ1) is 8.75. The van der Waals surface area contributed by atoms with Crippen LogP contribution in [0.2, 0.25) is 0 Å². The molecule has 0 N–H and O–H groups in total. The van der Waals surface area contributed by atoms with E-state index in [0.29, 0.717) is 0 Å². The first-order chi connectivity index (χ1) is 17.7. The van der Waals surface area contributed by atoms with Crippen LogP contribution in [0, 0.1) is 0 Å². The summed E-state index contributed by atoms with van der Waals surface area (Å²) in [5.74, 6) is -5.11. The van der Waals surface area contributed by atoms with E-state index in [-0.39, 0.29) is 0 Å². The molecular weight excluding hydrogens is 360 g/mol. The van der Waals surface area contributed by atoms with Gasteiger partial charge in [0.25, 0.3) is 0 Å². The number of fused-ring (bicyclic) bond motifs is 2. The maximum atomic E-state index is 12.2. The smallest absolute Gasteiger partial charge is 0.346 e. The third-order valence-electron chi connectivity index (χ3n) is 3.94. The van der Waals surface area contributed by atoms with E-state index in [1.54, 1.807) is 0 Å². The van der Waals surface area contributed by atoms with E-state index in [4.69, 9.17) is 13.7 Å². The summed E-state index contributed by atoms with van der Waals surface area (Å²) < 4.78 is 92.6. The highest BCUT2D eigenvalue weighted by atomic mass is 16.6. The second-order valence-corrected chi connectivity index (χ2v) is 5.60. The molecule has 0 radical (unpaired) electrons. The third kappa shape index (κ3) is 2.35. The Morgan fingerprint density at radius 3 is 1.36 bits per heavy atom. The van der Waals surface area contributed by atoms with Gasteiger partial charge in [-0.15, -0.1) is 0 Å². The van der Waals surface area contributed by atoms with Gasteiger partial charge in [-0.3, -0.25) is 0 Å². The van der Waals surface area contributed by atoms with Gasteiger partial charge in [-0.05, 0) is 52.5 Å². The summed E-state index contributed by atoms with van der Waals surface area (Å²) in [7, 11) is 0. The van der Waals surface area contributed by atoms with Gasteiger partial charge in [-0.2, -0.15) is 0 Å². The van der Waals surface area contributed by atoms with Crippen molar-refractivity contribution in [3.8, 4) is 22.3 Å². The van der Waals surface area contributed by atoms with E-state index in [2.05, 4.69) is 9.47 Å². The second-order valence-electron chi connectivity index (χ2n) is 5.60.